The summed E-state index contributed by atoms with van der Waals surface area (Å²) < 4.78 is 25.6. The molecule has 0 amide bonds. The monoisotopic (exact) mass is 311 g/mol. The van der Waals surface area contributed by atoms with Crippen LogP contribution in [-0.4, -0.2) is 29.8 Å². The topological polar surface area (TPSA) is 44.5 Å². The molecule has 2 saturated heterocycles. The predicted octanol–water partition coefficient (Wildman–Crippen LogP) is 3.28. The van der Waals surface area contributed by atoms with Crippen molar-refractivity contribution in [2.75, 3.05) is 18.1 Å². The first kappa shape index (κ1) is 15.1. The van der Waals surface area contributed by atoms with Gasteiger partial charge in [-0.1, -0.05) is 6.07 Å². The summed E-state index contributed by atoms with van der Waals surface area (Å²) in [5, 5.41) is 0. The van der Waals surface area contributed by atoms with Crippen LogP contribution < -0.4 is 10.5 Å². The Hall–Kier alpha value is -0.780. The van der Waals surface area contributed by atoms with Crippen molar-refractivity contribution in [2.45, 2.75) is 43.9 Å². The highest BCUT2D eigenvalue weighted by Crippen LogP contribution is 2.39. The molecule has 3 nitrogen and oxygen atoms in total. The third kappa shape index (κ3) is 3.35. The van der Waals surface area contributed by atoms with Gasteiger partial charge in [-0.2, -0.15) is 11.8 Å². The van der Waals surface area contributed by atoms with Crippen molar-refractivity contribution in [2.24, 2.45) is 5.73 Å². The lowest BCUT2D eigenvalue weighted by Crippen LogP contribution is -2.44. The van der Waals surface area contributed by atoms with Gasteiger partial charge in [0.2, 0.25) is 0 Å². The van der Waals surface area contributed by atoms with Gasteiger partial charge in [-0.15, -0.1) is 0 Å². The van der Waals surface area contributed by atoms with Gasteiger partial charge in [-0.25, -0.2) is 4.39 Å². The number of halogens is 1. The quantitative estimate of drug-likeness (QED) is 0.930. The molecule has 1 spiro atoms. The second-order valence-corrected chi connectivity index (χ2v) is 7.14. The van der Waals surface area contributed by atoms with Crippen LogP contribution in [0.5, 0.6) is 5.75 Å². The van der Waals surface area contributed by atoms with E-state index in [1.54, 1.807) is 6.07 Å². The molecule has 0 bridgehead atoms. The van der Waals surface area contributed by atoms with E-state index in [2.05, 4.69) is 0 Å². The molecule has 1 aromatic carbocycles. The summed E-state index contributed by atoms with van der Waals surface area (Å²) in [7, 11) is 0. The molecule has 3 rings (SSSR count). The number of ether oxygens (including phenoxy) is 2. The van der Waals surface area contributed by atoms with E-state index in [0.717, 1.165) is 36.3 Å². The summed E-state index contributed by atoms with van der Waals surface area (Å²) in [5.74, 6) is 2.48. The van der Waals surface area contributed by atoms with E-state index >= 15 is 0 Å². The molecule has 2 heterocycles. The Balaban J connectivity index is 1.75. The zero-order chi connectivity index (χ0) is 14.9. The van der Waals surface area contributed by atoms with Gasteiger partial charge in [0.05, 0.1) is 12.2 Å². The smallest absolute Gasteiger partial charge is 0.127 e. The van der Waals surface area contributed by atoms with Gasteiger partial charge in [0.15, 0.2) is 0 Å². The first-order chi connectivity index (χ1) is 10.1. The Labute approximate surface area is 129 Å². The minimum atomic E-state index is -0.285. The van der Waals surface area contributed by atoms with Crippen molar-refractivity contribution < 1.29 is 13.9 Å². The number of benzene rings is 1. The average Bonchev–Trinajstić information content (AvgIpc) is 2.86. The number of thioether (sulfide) groups is 1. The van der Waals surface area contributed by atoms with Crippen molar-refractivity contribution in [1.82, 2.24) is 0 Å². The van der Waals surface area contributed by atoms with Crippen LogP contribution in [0.1, 0.15) is 37.8 Å². The van der Waals surface area contributed by atoms with Crippen LogP contribution in [0.15, 0.2) is 18.2 Å². The molecular weight excluding hydrogens is 289 g/mol. The van der Waals surface area contributed by atoms with E-state index in [0.29, 0.717) is 12.4 Å². The zero-order valence-corrected chi connectivity index (χ0v) is 13.1. The van der Waals surface area contributed by atoms with E-state index < -0.39 is 0 Å². The van der Waals surface area contributed by atoms with Crippen molar-refractivity contribution in [3.05, 3.63) is 29.6 Å². The van der Waals surface area contributed by atoms with E-state index in [-0.39, 0.29) is 23.6 Å². The molecule has 2 N–H and O–H groups in total. The first-order valence-corrected chi connectivity index (χ1v) is 8.67. The van der Waals surface area contributed by atoms with Gasteiger partial charge < -0.3 is 15.2 Å². The number of rotatable bonds is 3. The number of hydrogen-bond acceptors (Lipinski definition) is 4. The Bertz CT molecular complexity index is 503. The molecule has 5 heteroatoms. The Morgan fingerprint density at radius 3 is 3.10 bits per heavy atom. The van der Waals surface area contributed by atoms with Crippen LogP contribution in [0.4, 0.5) is 4.39 Å². The van der Waals surface area contributed by atoms with E-state index in [4.69, 9.17) is 15.2 Å². The maximum absolute atomic E-state index is 13.5. The SMILES string of the molecule is CC(N)c1ccc(F)cc1OC1CCOC2(CCSC2)C1. The molecule has 2 fully saturated rings. The largest absolute Gasteiger partial charge is 0.490 e. The van der Waals surface area contributed by atoms with Crippen LogP contribution in [-0.2, 0) is 4.74 Å². The molecule has 3 atom stereocenters. The average molecular weight is 311 g/mol. The second-order valence-electron chi connectivity index (χ2n) is 6.04. The van der Waals surface area contributed by atoms with E-state index in [9.17, 15) is 4.39 Å². The van der Waals surface area contributed by atoms with E-state index in [1.807, 2.05) is 18.7 Å². The predicted molar refractivity (Wildman–Crippen MR) is 83.3 cm³/mol. The van der Waals surface area contributed by atoms with Gasteiger partial charge in [0.25, 0.3) is 0 Å². The minimum absolute atomic E-state index is 0.0323. The Morgan fingerprint density at radius 2 is 2.38 bits per heavy atom. The van der Waals surface area contributed by atoms with E-state index in [1.165, 1.54) is 12.1 Å². The Morgan fingerprint density at radius 1 is 1.52 bits per heavy atom. The van der Waals surface area contributed by atoms with Gasteiger partial charge >= 0.3 is 0 Å². The molecule has 21 heavy (non-hydrogen) atoms. The van der Waals surface area contributed by atoms with Crippen molar-refractivity contribution in [3.63, 3.8) is 0 Å². The normalized spacial score (nSPS) is 30.5. The standard InChI is InChI=1S/C16H22FNO2S/c1-11(18)14-3-2-12(17)8-15(14)20-13-4-6-19-16(9-13)5-7-21-10-16/h2-3,8,11,13H,4-7,9-10,18H2,1H3. The molecule has 3 unspecified atom stereocenters. The highest BCUT2D eigenvalue weighted by Gasteiger charge is 2.41. The minimum Gasteiger partial charge on any atom is -0.490 e. The van der Waals surface area contributed by atoms with Crippen molar-refractivity contribution >= 4 is 11.8 Å². The van der Waals surface area contributed by atoms with Crippen LogP contribution in [0.25, 0.3) is 0 Å². The molecule has 2 aliphatic heterocycles. The molecule has 0 saturated carbocycles. The lowest BCUT2D eigenvalue weighted by molar-refractivity contribution is -0.0960. The van der Waals surface area contributed by atoms with Crippen LogP contribution >= 0.6 is 11.8 Å². The van der Waals surface area contributed by atoms with Crippen molar-refractivity contribution in [3.8, 4) is 5.75 Å². The van der Waals surface area contributed by atoms with Gasteiger partial charge in [0.1, 0.15) is 17.7 Å². The highest BCUT2D eigenvalue weighted by molar-refractivity contribution is 7.99. The summed E-state index contributed by atoms with van der Waals surface area (Å²) in [5.41, 5.74) is 6.78. The summed E-state index contributed by atoms with van der Waals surface area (Å²) in [6, 6.07) is 4.43. The molecule has 116 valence electrons. The summed E-state index contributed by atoms with van der Waals surface area (Å²) >= 11 is 1.94. The zero-order valence-electron chi connectivity index (χ0n) is 12.3. The fraction of sp³-hybridized carbons (Fsp3) is 0.625. The molecular formula is C16H22FNO2S. The van der Waals surface area contributed by atoms with Gasteiger partial charge in [-0.05, 0) is 25.2 Å². The first-order valence-electron chi connectivity index (χ1n) is 7.51. The van der Waals surface area contributed by atoms with Gasteiger partial charge in [0, 0.05) is 36.3 Å². The summed E-state index contributed by atoms with van der Waals surface area (Å²) in [6.07, 6.45) is 2.90. The lowest BCUT2D eigenvalue weighted by atomic mass is 9.91. The fourth-order valence-electron chi connectivity index (χ4n) is 3.11. The Kier molecular flexibility index (Phi) is 4.43. The molecule has 1 aromatic rings. The maximum atomic E-state index is 13.5. The molecule has 2 aliphatic rings. The molecule has 0 radical (unpaired) electrons. The van der Waals surface area contributed by atoms with Crippen LogP contribution in [0, 0.1) is 5.82 Å². The summed E-state index contributed by atoms with van der Waals surface area (Å²) in [4.78, 5) is 0. The highest BCUT2D eigenvalue weighted by atomic mass is 32.2. The number of nitrogens with two attached hydrogens (primary N) is 1. The maximum Gasteiger partial charge on any atom is 0.127 e. The van der Waals surface area contributed by atoms with Crippen LogP contribution in [0.3, 0.4) is 0 Å². The lowest BCUT2D eigenvalue weighted by Gasteiger charge is -2.38. The number of hydrogen-bond donors (Lipinski definition) is 1. The van der Waals surface area contributed by atoms with Gasteiger partial charge in [-0.3, -0.25) is 0 Å². The molecule has 0 aromatic heterocycles. The fourth-order valence-corrected chi connectivity index (χ4v) is 4.49. The summed E-state index contributed by atoms with van der Waals surface area (Å²) in [6.45, 7) is 2.60. The van der Waals surface area contributed by atoms with Crippen LogP contribution in [0.2, 0.25) is 0 Å². The van der Waals surface area contributed by atoms with Crippen molar-refractivity contribution in [1.29, 1.82) is 0 Å². The third-order valence-electron chi connectivity index (χ3n) is 4.27. The molecule has 0 aliphatic carbocycles. The second kappa shape index (κ2) is 6.15. The third-order valence-corrected chi connectivity index (χ3v) is 5.50.